The maximum atomic E-state index is 14.1. The van der Waals surface area contributed by atoms with Crippen molar-refractivity contribution in [3.05, 3.63) is 47.4 Å². The lowest BCUT2D eigenvalue weighted by Crippen LogP contribution is -2.48. The number of allylic oxidation sites excluding steroid dienone is 1. The molecule has 0 saturated carbocycles. The van der Waals surface area contributed by atoms with E-state index in [1.807, 2.05) is 25.9 Å². The maximum Gasteiger partial charge on any atom is 0.268 e. The number of nitrogens with one attached hydrogen (secondary N) is 3. The summed E-state index contributed by atoms with van der Waals surface area (Å²) in [6, 6.07) is 6.77. The van der Waals surface area contributed by atoms with Gasteiger partial charge in [0, 0.05) is 65.4 Å². The van der Waals surface area contributed by atoms with E-state index in [-0.39, 0.29) is 11.3 Å². The molecule has 2 heterocycles. The fourth-order valence-corrected chi connectivity index (χ4v) is 4.89. The molecule has 1 aliphatic carbocycles. The number of hydrogen-bond donors (Lipinski definition) is 5. The van der Waals surface area contributed by atoms with Crippen molar-refractivity contribution in [3.8, 4) is 0 Å². The first-order valence-corrected chi connectivity index (χ1v) is 12.3. The quantitative estimate of drug-likeness (QED) is 0.332. The van der Waals surface area contributed by atoms with Crippen LogP contribution in [0.15, 0.2) is 47.4 Å². The number of pyridine rings is 2. The van der Waals surface area contributed by atoms with E-state index in [9.17, 15) is 8.42 Å². The van der Waals surface area contributed by atoms with Crippen LogP contribution in [-0.2, 0) is 10.0 Å². The lowest BCUT2D eigenvalue weighted by Gasteiger charge is -2.29. The molecule has 0 radical (unpaired) electrons. The zero-order valence-electron chi connectivity index (χ0n) is 20.1. The molecule has 0 fully saturated rings. The van der Waals surface area contributed by atoms with E-state index < -0.39 is 15.7 Å². The monoisotopic (exact) mass is 487 g/mol. The fraction of sp³-hybridized carbons (Fsp3) is 0.364. The second-order valence-electron chi connectivity index (χ2n) is 8.12. The Morgan fingerprint density at radius 3 is 2.12 bits per heavy atom. The summed E-state index contributed by atoms with van der Waals surface area (Å²) < 4.78 is 29.4. The van der Waals surface area contributed by atoms with Gasteiger partial charge < -0.3 is 32.3 Å². The molecule has 3 rings (SSSR count). The fourth-order valence-electron chi connectivity index (χ4n) is 3.38. The predicted octanol–water partition coefficient (Wildman–Crippen LogP) is 1.98. The third kappa shape index (κ3) is 5.41. The van der Waals surface area contributed by atoms with Crippen molar-refractivity contribution in [3.63, 3.8) is 0 Å². The van der Waals surface area contributed by atoms with Gasteiger partial charge in [-0.05, 0) is 19.1 Å². The van der Waals surface area contributed by atoms with Gasteiger partial charge in [-0.3, -0.25) is 0 Å². The molecule has 0 aliphatic heterocycles. The first-order valence-electron chi connectivity index (χ1n) is 10.8. The Kier molecular flexibility index (Phi) is 7.34. The Morgan fingerprint density at radius 1 is 1.00 bits per heavy atom. The molecule has 2 aromatic heterocycles. The second-order valence-corrected chi connectivity index (χ2v) is 9.90. The molecule has 0 bridgehead atoms. The van der Waals surface area contributed by atoms with E-state index >= 15 is 0 Å². The number of aromatic nitrogens is 2. The van der Waals surface area contributed by atoms with Crippen LogP contribution in [-0.4, -0.2) is 58.8 Å². The van der Waals surface area contributed by atoms with Crippen molar-refractivity contribution in [2.24, 2.45) is 11.5 Å². The Morgan fingerprint density at radius 2 is 1.59 bits per heavy atom. The predicted molar refractivity (Wildman–Crippen MR) is 140 cm³/mol. The Balaban J connectivity index is 2.28. The molecule has 7 N–H and O–H groups in total. The molecule has 0 unspecified atom stereocenters. The summed E-state index contributed by atoms with van der Waals surface area (Å²) >= 11 is 0. The number of rotatable bonds is 9. The Labute approximate surface area is 201 Å². The van der Waals surface area contributed by atoms with Gasteiger partial charge in [0.05, 0.1) is 21.9 Å². The third-order valence-corrected chi connectivity index (χ3v) is 6.96. The van der Waals surface area contributed by atoms with Crippen LogP contribution < -0.4 is 36.6 Å². The van der Waals surface area contributed by atoms with Gasteiger partial charge in [0.25, 0.3) is 10.0 Å². The summed E-state index contributed by atoms with van der Waals surface area (Å²) in [5.74, 6) is 2.16. The van der Waals surface area contributed by atoms with Gasteiger partial charge in [0.1, 0.15) is 23.3 Å². The highest BCUT2D eigenvalue weighted by molar-refractivity contribution is 7.97. The minimum atomic E-state index is -4.07. The number of hydrogen-bond acceptors (Lipinski definition) is 10. The summed E-state index contributed by atoms with van der Waals surface area (Å²) in [6.45, 7) is 2.57. The molecule has 0 atom stereocenters. The molecule has 184 valence electrons. The number of nitrogens with two attached hydrogens (primary N) is 2. The summed E-state index contributed by atoms with van der Waals surface area (Å²) in [7, 11) is 3.07. The van der Waals surface area contributed by atoms with Gasteiger partial charge in [0.15, 0.2) is 0 Å². The minimum Gasteiger partial charge on any atom is -0.373 e. The van der Waals surface area contributed by atoms with Crippen LogP contribution in [0.5, 0.6) is 0 Å². The number of anilines is 6. The number of nitrogens with zero attached hydrogens (tertiary/aromatic N) is 4. The largest absolute Gasteiger partial charge is 0.373 e. The lowest BCUT2D eigenvalue weighted by atomic mass is 10.0. The molecule has 2 aromatic rings. The molecule has 1 aliphatic rings. The minimum absolute atomic E-state index is 0.0982. The van der Waals surface area contributed by atoms with E-state index in [1.165, 1.54) is 16.5 Å². The lowest BCUT2D eigenvalue weighted by molar-refractivity contribution is 0.554. The van der Waals surface area contributed by atoms with Crippen molar-refractivity contribution in [1.82, 2.24) is 9.97 Å². The smallest absolute Gasteiger partial charge is 0.268 e. The molecule has 11 nitrogen and oxygen atoms in total. The summed E-state index contributed by atoms with van der Waals surface area (Å²) in [4.78, 5) is 10.9. The first-order chi connectivity index (χ1) is 16.0. The van der Waals surface area contributed by atoms with E-state index in [1.54, 1.807) is 44.4 Å². The molecular formula is C22H33N9O2S. The van der Waals surface area contributed by atoms with Crippen LogP contribution in [0.25, 0.3) is 0 Å². The van der Waals surface area contributed by atoms with Crippen LogP contribution >= 0.6 is 0 Å². The van der Waals surface area contributed by atoms with Gasteiger partial charge in [-0.15, -0.1) is 0 Å². The zero-order chi connectivity index (χ0) is 25.1. The highest BCUT2D eigenvalue weighted by Crippen LogP contribution is 2.38. The highest BCUT2D eigenvalue weighted by Gasteiger charge is 2.32. The molecular weight excluding hydrogens is 454 g/mol. The maximum absolute atomic E-state index is 14.1. The van der Waals surface area contributed by atoms with Crippen molar-refractivity contribution >= 4 is 44.7 Å². The Hall–Kier alpha value is -3.35. The highest BCUT2D eigenvalue weighted by atomic mass is 32.2. The molecule has 0 aromatic carbocycles. The second kappa shape index (κ2) is 9.87. The van der Waals surface area contributed by atoms with E-state index in [4.69, 9.17) is 11.5 Å². The van der Waals surface area contributed by atoms with Crippen molar-refractivity contribution in [1.29, 1.82) is 0 Å². The molecule has 0 saturated heterocycles. The molecule has 34 heavy (non-hydrogen) atoms. The Bertz CT molecular complexity index is 1210. The van der Waals surface area contributed by atoms with Crippen molar-refractivity contribution < 1.29 is 8.42 Å². The van der Waals surface area contributed by atoms with Gasteiger partial charge in [-0.1, -0.05) is 6.08 Å². The van der Waals surface area contributed by atoms with E-state index in [0.29, 0.717) is 41.2 Å². The first kappa shape index (κ1) is 25.3. The number of sulfonamides is 1. The summed E-state index contributed by atoms with van der Waals surface area (Å²) in [5.41, 5.74) is 11.6. The molecule has 0 spiro atoms. The van der Waals surface area contributed by atoms with Crippen LogP contribution in [0.3, 0.4) is 0 Å². The average Bonchev–Trinajstić information content (AvgIpc) is 2.78. The summed E-state index contributed by atoms with van der Waals surface area (Å²) in [5, 5.41) is 9.16. The average molecular weight is 488 g/mol. The SMILES string of the molecule is CCNc1cc(N(c2cc(NC)nc(N(C)C)c2)S(=O)(=O)C2=CCC(N)(N)C=C2)cc(NC)n1. The standard InChI is InChI=1S/C22H33N9O2S/c1-6-27-20-13-15(11-18(25-2)28-20)31(16-12-19(26-3)29-21(14-16)30(4)5)34(32,33)17-7-9-22(23,24)10-8-17/h7-9,11-14H,6,10,23-24H2,1-5H3,(H,26,29)(H2,25,27,28). The normalized spacial score (nSPS) is 14.9. The van der Waals surface area contributed by atoms with Crippen LogP contribution in [0.1, 0.15) is 13.3 Å². The van der Waals surface area contributed by atoms with Gasteiger partial charge >= 0.3 is 0 Å². The van der Waals surface area contributed by atoms with Crippen molar-refractivity contribution in [2.75, 3.05) is 59.9 Å². The van der Waals surface area contributed by atoms with E-state index in [2.05, 4.69) is 25.9 Å². The zero-order valence-corrected chi connectivity index (χ0v) is 20.9. The molecule has 0 amide bonds. The van der Waals surface area contributed by atoms with Gasteiger partial charge in [0.2, 0.25) is 0 Å². The van der Waals surface area contributed by atoms with Crippen LogP contribution in [0.4, 0.5) is 34.6 Å². The summed E-state index contributed by atoms with van der Waals surface area (Å²) in [6.07, 6.45) is 4.68. The topological polar surface area (TPSA) is 155 Å². The van der Waals surface area contributed by atoms with Crippen LogP contribution in [0.2, 0.25) is 0 Å². The van der Waals surface area contributed by atoms with Crippen LogP contribution in [0, 0.1) is 0 Å². The third-order valence-electron chi connectivity index (χ3n) is 5.16. The van der Waals surface area contributed by atoms with E-state index in [0.717, 1.165) is 0 Å². The van der Waals surface area contributed by atoms with Gasteiger partial charge in [-0.2, -0.15) is 0 Å². The van der Waals surface area contributed by atoms with Crippen molar-refractivity contribution in [2.45, 2.75) is 19.0 Å². The van der Waals surface area contributed by atoms with Gasteiger partial charge in [-0.25, -0.2) is 22.7 Å². The molecule has 12 heteroatoms.